The molecule has 1 aromatic heterocycles. The Balaban J connectivity index is 1.28. The highest BCUT2D eigenvalue weighted by Gasteiger charge is 2.35. The summed E-state index contributed by atoms with van der Waals surface area (Å²) in [6, 6.07) is 12.1. The van der Waals surface area contributed by atoms with Gasteiger partial charge in [-0.05, 0) is 54.3 Å². The number of aliphatic hydroxyl groups is 1. The van der Waals surface area contributed by atoms with Gasteiger partial charge in [0.15, 0.2) is 0 Å². The summed E-state index contributed by atoms with van der Waals surface area (Å²) in [7, 11) is 0. The van der Waals surface area contributed by atoms with E-state index in [2.05, 4.69) is 15.2 Å². The Morgan fingerprint density at radius 1 is 1.00 bits per heavy atom. The molecule has 3 amide bonds. The zero-order chi connectivity index (χ0) is 25.5. The molecule has 2 N–H and O–H groups in total. The number of benzene rings is 2. The van der Waals surface area contributed by atoms with Crippen molar-refractivity contribution in [2.45, 2.75) is 37.6 Å². The number of halogens is 3. The number of hydrogen-bond donors (Lipinski definition) is 2. The number of likely N-dealkylation sites (tertiary alicyclic amines) is 1. The van der Waals surface area contributed by atoms with E-state index in [1.54, 1.807) is 6.20 Å². The molecule has 2 aliphatic heterocycles. The molecule has 188 valence electrons. The number of carbonyl (C=O) groups is 2. The van der Waals surface area contributed by atoms with Crippen LogP contribution in [0.2, 0.25) is 0 Å². The number of amides is 3. The fourth-order valence-electron chi connectivity index (χ4n) is 4.79. The molecule has 2 fully saturated rings. The summed E-state index contributed by atoms with van der Waals surface area (Å²) in [5.74, 6) is -0.306. The van der Waals surface area contributed by atoms with Crippen LogP contribution >= 0.6 is 0 Å². The van der Waals surface area contributed by atoms with Crippen molar-refractivity contribution in [3.05, 3.63) is 71.4 Å². The van der Waals surface area contributed by atoms with Crippen molar-refractivity contribution in [3.63, 3.8) is 0 Å². The molecule has 2 aliphatic rings. The maximum absolute atomic E-state index is 12.8. The minimum absolute atomic E-state index is 0.215. The average molecular weight is 499 g/mol. The highest BCUT2D eigenvalue weighted by atomic mass is 19.4. The summed E-state index contributed by atoms with van der Waals surface area (Å²) in [5, 5.41) is 14.5. The molecule has 3 heterocycles. The summed E-state index contributed by atoms with van der Waals surface area (Å²) in [6.45, 7) is 1.97. The van der Waals surface area contributed by atoms with Gasteiger partial charge in [0.2, 0.25) is 5.91 Å². The molecule has 5 rings (SSSR count). The van der Waals surface area contributed by atoms with Crippen molar-refractivity contribution in [1.82, 2.24) is 15.2 Å². The number of imide groups is 1. The van der Waals surface area contributed by atoms with Crippen molar-refractivity contribution >= 4 is 28.5 Å². The zero-order valence-electron chi connectivity index (χ0n) is 19.4. The molecule has 2 aromatic carbocycles. The van der Waals surface area contributed by atoms with Gasteiger partial charge in [-0.3, -0.25) is 24.9 Å². The number of aromatic nitrogens is 1. The lowest BCUT2D eigenvalue weighted by Crippen LogP contribution is -2.49. The van der Waals surface area contributed by atoms with Crippen LogP contribution in [0, 0.1) is 0 Å². The molecule has 10 heteroatoms. The van der Waals surface area contributed by atoms with Crippen LogP contribution in [0.1, 0.15) is 36.0 Å². The van der Waals surface area contributed by atoms with Gasteiger partial charge in [-0.15, -0.1) is 0 Å². The van der Waals surface area contributed by atoms with E-state index in [-0.39, 0.29) is 18.9 Å². The molecule has 0 unspecified atom stereocenters. The van der Waals surface area contributed by atoms with Gasteiger partial charge in [0.05, 0.1) is 28.6 Å². The van der Waals surface area contributed by atoms with Crippen molar-refractivity contribution in [1.29, 1.82) is 0 Å². The number of nitrogens with one attached hydrogen (secondary N) is 1. The smallest absolute Gasteiger partial charge is 0.385 e. The maximum Gasteiger partial charge on any atom is 0.416 e. The second-order valence-corrected chi connectivity index (χ2v) is 9.36. The molecule has 0 spiro atoms. The largest absolute Gasteiger partial charge is 0.416 e. The third-order valence-corrected chi connectivity index (χ3v) is 6.94. The minimum Gasteiger partial charge on any atom is -0.385 e. The fourth-order valence-corrected chi connectivity index (χ4v) is 4.79. The third-order valence-electron chi connectivity index (χ3n) is 6.94. The fraction of sp³-hybridized carbons (Fsp3) is 0.346. The number of rotatable bonds is 4. The van der Waals surface area contributed by atoms with Crippen LogP contribution in [0.3, 0.4) is 0 Å². The number of urea groups is 1. The highest BCUT2D eigenvalue weighted by molar-refractivity contribution is 6.06. The highest BCUT2D eigenvalue weighted by Crippen LogP contribution is 2.35. The topological polar surface area (TPSA) is 85.8 Å². The molecule has 0 bridgehead atoms. The van der Waals surface area contributed by atoms with E-state index in [0.717, 1.165) is 34.2 Å². The first-order chi connectivity index (χ1) is 17.1. The molecular weight excluding hydrogens is 473 g/mol. The van der Waals surface area contributed by atoms with Crippen molar-refractivity contribution < 1.29 is 27.9 Å². The predicted octanol–water partition coefficient (Wildman–Crippen LogP) is 4.18. The Hall–Kier alpha value is -3.50. The summed E-state index contributed by atoms with van der Waals surface area (Å²) < 4.78 is 38.4. The molecule has 3 aromatic rings. The van der Waals surface area contributed by atoms with Crippen molar-refractivity contribution in [3.8, 4) is 0 Å². The van der Waals surface area contributed by atoms with Gasteiger partial charge in [-0.1, -0.05) is 18.2 Å². The average Bonchev–Trinajstić information content (AvgIpc) is 2.85. The normalized spacial score (nSPS) is 18.9. The van der Waals surface area contributed by atoms with Crippen LogP contribution in [0.5, 0.6) is 0 Å². The van der Waals surface area contributed by atoms with E-state index >= 15 is 0 Å². The predicted molar refractivity (Wildman–Crippen MR) is 127 cm³/mol. The minimum atomic E-state index is -4.35. The summed E-state index contributed by atoms with van der Waals surface area (Å²) >= 11 is 0. The Morgan fingerprint density at radius 2 is 1.72 bits per heavy atom. The number of pyridine rings is 1. The molecule has 2 saturated heterocycles. The molecule has 0 radical (unpaired) electrons. The van der Waals surface area contributed by atoms with Crippen LogP contribution < -0.4 is 10.2 Å². The first-order valence-corrected chi connectivity index (χ1v) is 11.7. The number of carbonyl (C=O) groups excluding carboxylic acids is 2. The van der Waals surface area contributed by atoms with Crippen molar-refractivity contribution in [2.75, 3.05) is 24.5 Å². The second kappa shape index (κ2) is 9.18. The molecule has 0 atom stereocenters. The number of nitrogens with zero attached hydrogens (tertiary/aromatic N) is 3. The van der Waals surface area contributed by atoms with Gasteiger partial charge in [-0.2, -0.15) is 13.2 Å². The van der Waals surface area contributed by atoms with E-state index < -0.39 is 23.4 Å². The van der Waals surface area contributed by atoms with E-state index in [9.17, 15) is 27.9 Å². The number of hydrogen-bond acceptors (Lipinski definition) is 5. The summed E-state index contributed by atoms with van der Waals surface area (Å²) in [6.07, 6.45) is -1.60. The Kier molecular flexibility index (Phi) is 6.17. The van der Waals surface area contributed by atoms with Gasteiger partial charge < -0.3 is 5.11 Å². The van der Waals surface area contributed by atoms with E-state index in [0.29, 0.717) is 38.2 Å². The SMILES string of the molecule is O=C1CCN(c2cnc3ccc(C4(O)CCN(Cc5ccc(C(F)(F)F)cc5)CC4)cc3c2)C(=O)N1. The number of alkyl halides is 3. The number of fused-ring (bicyclic) bond motifs is 1. The summed E-state index contributed by atoms with van der Waals surface area (Å²) in [5.41, 5.74) is 1.13. The van der Waals surface area contributed by atoms with Gasteiger partial charge in [-0.25, -0.2) is 4.79 Å². The molecule has 36 heavy (non-hydrogen) atoms. The lowest BCUT2D eigenvalue weighted by molar-refractivity contribution is -0.137. The molecule has 0 saturated carbocycles. The third kappa shape index (κ3) is 4.91. The number of anilines is 1. The molecular formula is C26H25F3N4O3. The zero-order valence-corrected chi connectivity index (χ0v) is 19.4. The van der Waals surface area contributed by atoms with Crippen LogP contribution in [-0.2, 0) is 23.1 Å². The van der Waals surface area contributed by atoms with Gasteiger partial charge >= 0.3 is 12.2 Å². The van der Waals surface area contributed by atoms with Gasteiger partial charge in [0.25, 0.3) is 0 Å². The van der Waals surface area contributed by atoms with Crippen molar-refractivity contribution in [2.24, 2.45) is 0 Å². The molecule has 7 nitrogen and oxygen atoms in total. The Morgan fingerprint density at radius 3 is 2.39 bits per heavy atom. The van der Waals surface area contributed by atoms with Crippen LogP contribution in [-0.4, -0.2) is 46.6 Å². The first kappa shape index (κ1) is 24.2. The van der Waals surface area contributed by atoms with E-state index in [1.807, 2.05) is 24.3 Å². The Labute approximate surface area is 205 Å². The van der Waals surface area contributed by atoms with Crippen LogP contribution in [0.4, 0.5) is 23.7 Å². The van der Waals surface area contributed by atoms with E-state index in [4.69, 9.17) is 0 Å². The monoisotopic (exact) mass is 498 g/mol. The van der Waals surface area contributed by atoms with E-state index in [1.165, 1.54) is 17.0 Å². The van der Waals surface area contributed by atoms with Crippen LogP contribution in [0.25, 0.3) is 10.9 Å². The van der Waals surface area contributed by atoms with Gasteiger partial charge in [0.1, 0.15) is 0 Å². The molecule has 0 aliphatic carbocycles. The Bertz CT molecular complexity index is 1300. The van der Waals surface area contributed by atoms with Crippen LogP contribution in [0.15, 0.2) is 54.7 Å². The second-order valence-electron chi connectivity index (χ2n) is 9.36. The standard InChI is InChI=1S/C26H25F3N4O3/c27-26(28,29)19-3-1-17(2-4-19)16-32-11-8-25(36,9-12-32)20-5-6-22-18(13-20)14-21(15-30-22)33-10-7-23(34)31-24(33)35/h1-6,13-15,36H,7-12,16H2,(H,31,34,35). The quantitative estimate of drug-likeness (QED) is 0.564. The van der Waals surface area contributed by atoms with Gasteiger partial charge in [0, 0.05) is 38.0 Å². The first-order valence-electron chi connectivity index (χ1n) is 11.7. The lowest BCUT2D eigenvalue weighted by Gasteiger charge is -2.38. The lowest BCUT2D eigenvalue weighted by atomic mass is 9.83. The summed E-state index contributed by atoms with van der Waals surface area (Å²) in [4.78, 5) is 31.7. The number of piperidine rings is 1. The maximum atomic E-state index is 12.8.